The maximum Gasteiger partial charge on any atom is 0.235 e. The van der Waals surface area contributed by atoms with Gasteiger partial charge in [0.2, 0.25) is 5.91 Å². The molecule has 0 saturated heterocycles. The van der Waals surface area contributed by atoms with Gasteiger partial charge in [0.15, 0.2) is 5.65 Å². The quantitative estimate of drug-likeness (QED) is 0.476. The minimum Gasteiger partial charge on any atom is -0.366 e. The number of nitrogens with one attached hydrogen (secondary N) is 1. The molecule has 9 nitrogen and oxygen atoms in total. The lowest BCUT2D eigenvalue weighted by molar-refractivity contribution is -0.122. The molecule has 198 valence electrons. The van der Waals surface area contributed by atoms with E-state index in [-0.39, 0.29) is 16.9 Å². The number of hydrogen-bond acceptors (Lipinski definition) is 7. The van der Waals surface area contributed by atoms with Gasteiger partial charge in [0.1, 0.15) is 0 Å². The Kier molecular flexibility index (Phi) is 6.02. The predicted molar refractivity (Wildman–Crippen MR) is 148 cm³/mol. The Morgan fingerprint density at radius 1 is 1.24 bits per heavy atom. The van der Waals surface area contributed by atoms with Crippen molar-refractivity contribution >= 4 is 34.6 Å². The second-order valence-electron chi connectivity index (χ2n) is 11.6. The highest BCUT2D eigenvalue weighted by Crippen LogP contribution is 2.57. The first-order valence-corrected chi connectivity index (χ1v) is 14.5. The van der Waals surface area contributed by atoms with E-state index in [1.807, 2.05) is 35.5 Å². The molecule has 0 radical (unpaired) electrons. The number of carbonyl (C=O) groups is 1. The zero-order valence-corrected chi connectivity index (χ0v) is 23.5. The van der Waals surface area contributed by atoms with Gasteiger partial charge in [-0.15, -0.1) is 0 Å². The van der Waals surface area contributed by atoms with Crippen LogP contribution in [-0.4, -0.2) is 66.7 Å². The molecule has 0 unspecified atom stereocenters. The topological polar surface area (TPSA) is 84.1 Å². The summed E-state index contributed by atoms with van der Waals surface area (Å²) in [6.07, 6.45) is 10.5. The molecule has 0 aromatic carbocycles. The van der Waals surface area contributed by atoms with E-state index >= 15 is 0 Å². The van der Waals surface area contributed by atoms with Gasteiger partial charge in [0, 0.05) is 55.6 Å². The van der Waals surface area contributed by atoms with Gasteiger partial charge in [-0.2, -0.15) is 10.2 Å². The van der Waals surface area contributed by atoms with Gasteiger partial charge in [-0.3, -0.25) is 14.2 Å². The van der Waals surface area contributed by atoms with Crippen LogP contribution in [0, 0.1) is 19.3 Å². The molecule has 3 aromatic heterocycles. The number of nitrogens with zero attached hydrogens (tertiary/aromatic N) is 7. The normalized spacial score (nSPS) is 24.9. The minimum atomic E-state index is -0.0241. The average Bonchev–Trinajstić information content (AvgIpc) is 3.60. The fourth-order valence-corrected chi connectivity index (χ4v) is 7.36. The summed E-state index contributed by atoms with van der Waals surface area (Å²) in [5.74, 6) is 0.149. The number of carbonyl (C=O) groups excluding carboxylic acids is 1. The lowest BCUT2D eigenvalue weighted by Gasteiger charge is -2.32. The average molecular weight is 523 g/mol. The number of aromatic nitrogens is 5. The van der Waals surface area contributed by atoms with E-state index in [1.54, 1.807) is 11.9 Å². The standard InChI is InChI=1S/C27H38N8OS/c1-18-12-23(20-13-28-33(4)25(20)29-18)34-11-6-22-21(14-34)19(2)31-35(22)17-26-7-9-27(16-26,10-8-26)30-24(36)15-32(3)37-5/h12-13H,6-11,14-17H2,1-5H3,(H,30,36). The first kappa shape index (κ1) is 24.7. The number of anilines is 1. The first-order chi connectivity index (χ1) is 17.7. The molecule has 1 aliphatic heterocycles. The number of likely N-dealkylation sites (N-methyl/N-ethyl adjacent to an activating group) is 1. The van der Waals surface area contributed by atoms with E-state index < -0.39 is 0 Å². The van der Waals surface area contributed by atoms with Crippen LogP contribution in [0.2, 0.25) is 0 Å². The van der Waals surface area contributed by atoms with Gasteiger partial charge in [-0.1, -0.05) is 11.9 Å². The van der Waals surface area contributed by atoms with E-state index in [9.17, 15) is 4.79 Å². The third-order valence-electron chi connectivity index (χ3n) is 9.04. The second-order valence-corrected chi connectivity index (χ2v) is 12.6. The summed E-state index contributed by atoms with van der Waals surface area (Å²) in [6.45, 7) is 7.45. The monoisotopic (exact) mass is 522 g/mol. The Balaban J connectivity index is 1.19. The van der Waals surface area contributed by atoms with Crippen molar-refractivity contribution in [3.63, 3.8) is 0 Å². The van der Waals surface area contributed by atoms with Gasteiger partial charge in [0.25, 0.3) is 0 Å². The summed E-state index contributed by atoms with van der Waals surface area (Å²) >= 11 is 1.60. The van der Waals surface area contributed by atoms with Crippen LogP contribution in [0.5, 0.6) is 0 Å². The van der Waals surface area contributed by atoms with Crippen molar-refractivity contribution in [3.05, 3.63) is 34.9 Å². The molecule has 2 saturated carbocycles. The molecule has 3 aromatic rings. The van der Waals surface area contributed by atoms with Crippen molar-refractivity contribution in [1.29, 1.82) is 0 Å². The van der Waals surface area contributed by atoms with E-state index in [0.717, 1.165) is 67.7 Å². The molecule has 1 amide bonds. The van der Waals surface area contributed by atoms with Crippen LogP contribution in [0.1, 0.15) is 54.7 Å². The van der Waals surface area contributed by atoms with Gasteiger partial charge >= 0.3 is 0 Å². The highest BCUT2D eigenvalue weighted by molar-refractivity contribution is 7.96. The summed E-state index contributed by atoms with van der Waals surface area (Å²) in [7, 11) is 3.92. The third-order valence-corrected chi connectivity index (χ3v) is 9.79. The zero-order valence-electron chi connectivity index (χ0n) is 22.7. The molecule has 2 fully saturated rings. The molecule has 10 heteroatoms. The lowest BCUT2D eigenvalue weighted by atomic mass is 9.84. The molecule has 0 atom stereocenters. The Labute approximate surface area is 223 Å². The molecule has 2 aliphatic carbocycles. The molecule has 37 heavy (non-hydrogen) atoms. The maximum absolute atomic E-state index is 12.7. The molecule has 6 rings (SSSR count). The van der Waals surface area contributed by atoms with Crippen LogP contribution < -0.4 is 10.2 Å². The molecule has 1 N–H and O–H groups in total. The van der Waals surface area contributed by atoms with Crippen molar-refractivity contribution < 1.29 is 4.79 Å². The molecule has 4 heterocycles. The fourth-order valence-electron chi connectivity index (χ4n) is 7.11. The van der Waals surface area contributed by atoms with Gasteiger partial charge in [-0.25, -0.2) is 9.29 Å². The number of hydrogen-bond donors (Lipinski definition) is 1. The number of pyridine rings is 1. The summed E-state index contributed by atoms with van der Waals surface area (Å²) in [5, 5.41) is 14.1. The van der Waals surface area contributed by atoms with Crippen LogP contribution in [0.25, 0.3) is 11.0 Å². The van der Waals surface area contributed by atoms with Crippen molar-refractivity contribution in [1.82, 2.24) is 34.2 Å². The van der Waals surface area contributed by atoms with Gasteiger partial charge < -0.3 is 10.2 Å². The van der Waals surface area contributed by atoms with Gasteiger partial charge in [-0.05, 0) is 70.7 Å². The van der Waals surface area contributed by atoms with Crippen molar-refractivity contribution in [2.45, 2.75) is 71.0 Å². The summed E-state index contributed by atoms with van der Waals surface area (Å²) in [5.41, 5.74) is 7.28. The van der Waals surface area contributed by atoms with Gasteiger partial charge in [0.05, 0.1) is 29.5 Å². The summed E-state index contributed by atoms with van der Waals surface area (Å²) in [4.78, 5) is 19.8. The Morgan fingerprint density at radius 3 is 2.78 bits per heavy atom. The highest BCUT2D eigenvalue weighted by atomic mass is 32.2. The van der Waals surface area contributed by atoms with E-state index in [0.29, 0.717) is 6.54 Å². The minimum absolute atomic E-state index is 0.0241. The van der Waals surface area contributed by atoms with E-state index in [1.165, 1.54) is 29.8 Å². The molecule has 0 spiro atoms. The van der Waals surface area contributed by atoms with Crippen molar-refractivity contribution in [3.8, 4) is 0 Å². The van der Waals surface area contributed by atoms with Crippen molar-refractivity contribution in [2.75, 3.05) is 31.3 Å². The Morgan fingerprint density at radius 2 is 2.03 bits per heavy atom. The number of fused-ring (bicyclic) bond motifs is 4. The molecule has 2 bridgehead atoms. The summed E-state index contributed by atoms with van der Waals surface area (Å²) < 4.78 is 6.17. The predicted octanol–water partition coefficient (Wildman–Crippen LogP) is 3.37. The molecular formula is C27H38N8OS. The van der Waals surface area contributed by atoms with Crippen LogP contribution in [0.4, 0.5) is 5.69 Å². The van der Waals surface area contributed by atoms with Crippen LogP contribution in [0.3, 0.4) is 0 Å². The van der Waals surface area contributed by atoms with E-state index in [2.05, 4.69) is 39.9 Å². The first-order valence-electron chi connectivity index (χ1n) is 13.4. The Bertz CT molecular complexity index is 1350. The highest BCUT2D eigenvalue weighted by Gasteiger charge is 2.55. The van der Waals surface area contributed by atoms with Crippen molar-refractivity contribution in [2.24, 2.45) is 12.5 Å². The fraction of sp³-hybridized carbons (Fsp3) is 0.630. The SMILES string of the molecule is CSN(C)CC(=O)NC12CCC(Cn3nc(C)c4c3CCN(c3cc(C)nc5c3cnn5C)C4)(CC1)C2. The maximum atomic E-state index is 12.7. The smallest absolute Gasteiger partial charge is 0.235 e. The van der Waals surface area contributed by atoms with Crippen LogP contribution >= 0.6 is 11.9 Å². The number of amides is 1. The zero-order chi connectivity index (χ0) is 25.9. The lowest BCUT2D eigenvalue weighted by Crippen LogP contribution is -2.47. The third kappa shape index (κ3) is 4.31. The van der Waals surface area contributed by atoms with Crippen LogP contribution in [-0.2, 0) is 31.4 Å². The largest absolute Gasteiger partial charge is 0.366 e. The second kappa shape index (κ2) is 9.01. The number of aryl methyl sites for hydroxylation is 3. The molecular weight excluding hydrogens is 484 g/mol. The van der Waals surface area contributed by atoms with Crippen LogP contribution in [0.15, 0.2) is 12.3 Å². The van der Waals surface area contributed by atoms with E-state index in [4.69, 9.17) is 10.1 Å². The summed E-state index contributed by atoms with van der Waals surface area (Å²) in [6, 6.07) is 2.19. The Hall–Kier alpha value is -2.59. The molecule has 3 aliphatic rings. The number of rotatable bonds is 7.